The summed E-state index contributed by atoms with van der Waals surface area (Å²) in [6, 6.07) is -0.406. The maximum Gasteiger partial charge on any atom is 0.240 e. The molecule has 0 saturated carbocycles. The van der Waals surface area contributed by atoms with Crippen molar-refractivity contribution in [2.45, 2.75) is 99.7 Å². The molecule has 1 amide bonds. The van der Waals surface area contributed by atoms with Crippen LogP contribution < -0.4 is 27.2 Å². The molecular formula is C33H48F3N5O6S. The van der Waals surface area contributed by atoms with Gasteiger partial charge >= 0.3 is 0 Å². The van der Waals surface area contributed by atoms with E-state index in [0.29, 0.717) is 37.1 Å². The summed E-state index contributed by atoms with van der Waals surface area (Å²) < 4.78 is 54.1. The van der Waals surface area contributed by atoms with Crippen LogP contribution in [-0.2, 0) is 14.3 Å². The molecule has 0 aliphatic carbocycles. The van der Waals surface area contributed by atoms with Crippen LogP contribution >= 0.6 is 11.8 Å². The number of aliphatic hydroxyl groups excluding tert-OH is 3. The van der Waals surface area contributed by atoms with E-state index in [1.54, 1.807) is 0 Å². The highest BCUT2D eigenvalue weighted by molar-refractivity contribution is 8.00. The van der Waals surface area contributed by atoms with Crippen molar-refractivity contribution in [3.8, 4) is 0 Å². The van der Waals surface area contributed by atoms with Crippen LogP contribution in [0.15, 0.2) is 36.2 Å². The Morgan fingerprint density at radius 3 is 2.60 bits per heavy atom. The number of allylic oxidation sites excluding steroid dienone is 1. The highest BCUT2D eigenvalue weighted by Crippen LogP contribution is 2.38. The van der Waals surface area contributed by atoms with Gasteiger partial charge in [-0.3, -0.25) is 9.80 Å². The first-order chi connectivity index (χ1) is 22.7. The second-order valence-corrected chi connectivity index (χ2v) is 15.2. The Morgan fingerprint density at radius 2 is 1.88 bits per heavy atom. The van der Waals surface area contributed by atoms with E-state index >= 15 is 0 Å². The number of amides is 1. The molecule has 5 rings (SSSR count). The number of hydrazine groups is 1. The van der Waals surface area contributed by atoms with Gasteiger partial charge in [0.15, 0.2) is 17.5 Å². The zero-order valence-corrected chi connectivity index (χ0v) is 28.2. The van der Waals surface area contributed by atoms with Gasteiger partial charge in [-0.15, -0.1) is 11.8 Å². The highest BCUT2D eigenvalue weighted by Gasteiger charge is 2.50. The van der Waals surface area contributed by atoms with Gasteiger partial charge in [-0.1, -0.05) is 32.9 Å². The number of nitrogens with zero attached hydrogens (tertiary/aromatic N) is 1. The number of halogens is 3. The average molecular weight is 700 g/mol. The molecule has 4 aliphatic heterocycles. The molecule has 1 aromatic rings. The molecule has 0 aromatic heterocycles. The van der Waals surface area contributed by atoms with Crippen LogP contribution in [0.25, 0.3) is 0 Å². The Kier molecular flexibility index (Phi) is 12.0. The van der Waals surface area contributed by atoms with Crippen molar-refractivity contribution < 1.29 is 42.8 Å². The molecule has 0 spiro atoms. The highest BCUT2D eigenvalue weighted by atomic mass is 32.2. The molecule has 1 aromatic carbocycles. The average Bonchev–Trinajstić information content (AvgIpc) is 3.31. The Labute approximate surface area is 283 Å². The molecule has 6 unspecified atom stereocenters. The van der Waals surface area contributed by atoms with Gasteiger partial charge in [0.1, 0.15) is 35.9 Å². The van der Waals surface area contributed by atoms with E-state index in [2.05, 4.69) is 24.5 Å². The molecule has 3 fully saturated rings. The van der Waals surface area contributed by atoms with Crippen LogP contribution in [0.1, 0.15) is 46.5 Å². The predicted molar refractivity (Wildman–Crippen MR) is 175 cm³/mol. The van der Waals surface area contributed by atoms with Gasteiger partial charge in [-0.05, 0) is 49.4 Å². The molecule has 11 nitrogen and oxygen atoms in total. The first-order valence-electron chi connectivity index (χ1n) is 16.6. The zero-order valence-electron chi connectivity index (χ0n) is 27.3. The first-order valence-corrected chi connectivity index (χ1v) is 17.5. The number of aliphatic hydroxyl groups is 3. The molecule has 4 aliphatic rings. The summed E-state index contributed by atoms with van der Waals surface area (Å²) in [5.41, 5.74) is 4.88. The minimum Gasteiger partial charge on any atom is -0.400 e. The number of nitrogens with one attached hydrogen (secondary N) is 2. The number of hydrogen-bond donors (Lipinski definition) is 7. The van der Waals surface area contributed by atoms with Crippen molar-refractivity contribution in [2.75, 3.05) is 18.2 Å². The van der Waals surface area contributed by atoms with Crippen molar-refractivity contribution in [1.29, 1.82) is 0 Å². The van der Waals surface area contributed by atoms with Gasteiger partial charge in [0, 0.05) is 37.2 Å². The Balaban J connectivity index is 1.34. The lowest BCUT2D eigenvalue weighted by Gasteiger charge is -2.46. The summed E-state index contributed by atoms with van der Waals surface area (Å²) in [4.78, 5) is 13.8. The third kappa shape index (κ3) is 8.15. The quantitative estimate of drug-likeness (QED) is 0.0960. The van der Waals surface area contributed by atoms with Crippen LogP contribution in [-0.4, -0.2) is 87.7 Å². The molecule has 268 valence electrons. The second kappa shape index (κ2) is 15.7. The summed E-state index contributed by atoms with van der Waals surface area (Å²) in [5, 5.41) is 39.4. The zero-order chi connectivity index (χ0) is 34.9. The van der Waals surface area contributed by atoms with Crippen LogP contribution in [0.5, 0.6) is 0 Å². The van der Waals surface area contributed by atoms with Crippen LogP contribution in [0, 0.1) is 41.1 Å². The number of benzene rings is 1. The Morgan fingerprint density at radius 1 is 1.15 bits per heavy atom. The minimum absolute atomic E-state index is 0.0863. The molecule has 48 heavy (non-hydrogen) atoms. The fraction of sp³-hybridized carbons (Fsp3) is 0.667. The van der Waals surface area contributed by atoms with E-state index < -0.39 is 76.2 Å². The lowest BCUT2D eigenvalue weighted by atomic mass is 9.85. The van der Waals surface area contributed by atoms with E-state index in [1.807, 2.05) is 19.1 Å². The number of thioether (sulfide) groups is 1. The molecule has 3 saturated heterocycles. The van der Waals surface area contributed by atoms with Gasteiger partial charge in [0.2, 0.25) is 5.91 Å². The van der Waals surface area contributed by atoms with Crippen molar-refractivity contribution in [1.82, 2.24) is 10.6 Å². The minimum atomic E-state index is -1.61. The van der Waals surface area contributed by atoms with E-state index in [0.717, 1.165) is 42.2 Å². The number of ether oxygens (including phenoxy) is 2. The topological polar surface area (TPSA) is 176 Å². The fourth-order valence-corrected chi connectivity index (χ4v) is 8.59. The lowest BCUT2D eigenvalue weighted by Crippen LogP contribution is -2.65. The monoisotopic (exact) mass is 699 g/mol. The number of fused-ring (bicyclic) bond motifs is 3. The first kappa shape index (κ1) is 36.9. The number of carbonyl (C=O) groups excluding carboxylic acids is 1. The summed E-state index contributed by atoms with van der Waals surface area (Å²) in [6.07, 6.45) is 2.04. The van der Waals surface area contributed by atoms with E-state index in [-0.39, 0.29) is 30.0 Å². The maximum atomic E-state index is 14.4. The number of nitrogens with two attached hydrogens (primary N) is 2. The van der Waals surface area contributed by atoms with Gasteiger partial charge in [0.25, 0.3) is 0 Å². The van der Waals surface area contributed by atoms with E-state index in [9.17, 15) is 33.3 Å². The normalized spacial score (nSPS) is 38.2. The molecule has 4 heterocycles. The molecule has 0 radical (unpaired) electrons. The van der Waals surface area contributed by atoms with Gasteiger partial charge in [-0.25, -0.2) is 19.0 Å². The number of hydrogen-bond acceptors (Lipinski definition) is 11. The number of rotatable bonds is 7. The maximum absolute atomic E-state index is 14.4. The molecule has 2 bridgehead atoms. The lowest BCUT2D eigenvalue weighted by molar-refractivity contribution is -0.207. The Bertz CT molecular complexity index is 1360. The van der Waals surface area contributed by atoms with Crippen LogP contribution in [0.2, 0.25) is 0 Å². The molecule has 12 atom stereocenters. The van der Waals surface area contributed by atoms with Crippen molar-refractivity contribution >= 4 is 23.4 Å². The molecule has 15 heteroatoms. The predicted octanol–water partition coefficient (Wildman–Crippen LogP) is 2.00. The van der Waals surface area contributed by atoms with Crippen LogP contribution in [0.4, 0.5) is 18.9 Å². The largest absolute Gasteiger partial charge is 0.400 e. The van der Waals surface area contributed by atoms with Crippen molar-refractivity contribution in [3.05, 3.63) is 53.6 Å². The van der Waals surface area contributed by atoms with Crippen molar-refractivity contribution in [2.24, 2.45) is 35.2 Å². The smallest absolute Gasteiger partial charge is 0.240 e. The third-order valence-corrected chi connectivity index (χ3v) is 11.3. The SMILES string of the molecule is CC(C)C[C@@H]1CCO[C@H]2C(C(=O)N[C@H]3C4OC(S[C@H](/C(N)=C/N(N)c5cc(F)c(F)cc5F)C/C=C\[C@H]3C)C(O)C(O)C4O)NC[C@@H]2C1. The summed E-state index contributed by atoms with van der Waals surface area (Å²) in [6.45, 7) is 7.50. The Hall–Kier alpha value is -2.37. The van der Waals surface area contributed by atoms with E-state index in [1.165, 1.54) is 0 Å². The third-order valence-electron chi connectivity index (χ3n) is 9.80. The number of anilines is 1. The standard InChI is InChI=1S/C33H48F3N5O6S/c1-15(2)9-17-7-8-46-30-18(10-17)13-39-26(30)32(45)40-25-16(3)5-4-6-24(48-33-29(44)27(42)28(43)31(25)47-33)22(37)14-41(38)23-12-20(35)19(34)11-21(23)36/h4-5,11-12,14-18,24-31,33,39,42-44H,6-10,13,37-38H2,1-3H3,(H,40,45)/b5-4-,22-14-/t16-,17+,18+,24+,25-,26?,27?,28?,29?,30-,31?,33?/m1/s1. The summed E-state index contributed by atoms with van der Waals surface area (Å²) >= 11 is 1.04. The number of carbonyl (C=O) groups is 1. The second-order valence-electron chi connectivity index (χ2n) is 13.9. The van der Waals surface area contributed by atoms with E-state index in [4.69, 9.17) is 21.1 Å². The molecular weight excluding hydrogens is 651 g/mol. The summed E-state index contributed by atoms with van der Waals surface area (Å²) in [5.74, 6) is 2.78. The van der Waals surface area contributed by atoms with Crippen LogP contribution in [0.3, 0.4) is 0 Å². The van der Waals surface area contributed by atoms with Crippen molar-refractivity contribution in [3.63, 3.8) is 0 Å². The van der Waals surface area contributed by atoms with Gasteiger partial charge in [0.05, 0.1) is 23.1 Å². The fourth-order valence-electron chi connectivity index (χ4n) is 7.31. The van der Waals surface area contributed by atoms with Gasteiger partial charge < -0.3 is 41.2 Å². The van der Waals surface area contributed by atoms with Gasteiger partial charge in [-0.2, -0.15) is 0 Å². The summed E-state index contributed by atoms with van der Waals surface area (Å²) in [7, 11) is 0. The molecule has 9 N–H and O–H groups in total.